The average Bonchev–Trinajstić information content (AvgIpc) is 2.28. The predicted octanol–water partition coefficient (Wildman–Crippen LogP) is 3.94. The van der Waals surface area contributed by atoms with Crippen LogP contribution >= 0.6 is 15.9 Å². The second-order valence-electron chi connectivity index (χ2n) is 3.79. The average molecular weight is 283 g/mol. The van der Waals surface area contributed by atoms with Gasteiger partial charge in [-0.25, -0.2) is 0 Å². The van der Waals surface area contributed by atoms with Crippen molar-refractivity contribution in [3.63, 3.8) is 0 Å². The molecule has 16 heavy (non-hydrogen) atoms. The summed E-state index contributed by atoms with van der Waals surface area (Å²) in [6.45, 7) is 5.50. The third-order valence-electron chi connectivity index (χ3n) is 2.48. The van der Waals surface area contributed by atoms with Crippen LogP contribution in [0.2, 0.25) is 0 Å². The molecule has 1 atom stereocenters. The molecule has 0 saturated carbocycles. The van der Waals surface area contributed by atoms with E-state index in [1.807, 2.05) is 6.92 Å². The fraction of sp³-hybridized carbons (Fsp3) is 0.308. The van der Waals surface area contributed by atoms with Gasteiger partial charge in [-0.3, -0.25) is 4.79 Å². The monoisotopic (exact) mass is 282 g/mol. The van der Waals surface area contributed by atoms with Gasteiger partial charge < -0.3 is 5.11 Å². The molecule has 1 unspecified atom stereocenters. The number of ketones is 1. The Kier molecular flexibility index (Phi) is 4.74. The maximum atomic E-state index is 12.0. The van der Waals surface area contributed by atoms with E-state index >= 15 is 0 Å². The molecule has 1 rings (SSSR count). The molecule has 0 spiro atoms. The van der Waals surface area contributed by atoms with E-state index < -0.39 is 0 Å². The van der Waals surface area contributed by atoms with Crippen LogP contribution in [0, 0.1) is 5.92 Å². The molecule has 1 aromatic rings. The minimum atomic E-state index is -0.0989. The van der Waals surface area contributed by atoms with Gasteiger partial charge in [0.15, 0.2) is 5.78 Å². The van der Waals surface area contributed by atoms with E-state index in [1.54, 1.807) is 18.2 Å². The van der Waals surface area contributed by atoms with Crippen LogP contribution in [0.15, 0.2) is 35.3 Å². The van der Waals surface area contributed by atoms with Gasteiger partial charge in [0.2, 0.25) is 0 Å². The third-order valence-corrected chi connectivity index (χ3v) is 2.97. The van der Waals surface area contributed by atoms with Crippen LogP contribution in [0.3, 0.4) is 0 Å². The second kappa shape index (κ2) is 5.85. The molecule has 3 heteroatoms. The first-order chi connectivity index (χ1) is 7.56. The highest BCUT2D eigenvalue weighted by molar-refractivity contribution is 9.10. The Morgan fingerprint density at radius 1 is 1.62 bits per heavy atom. The summed E-state index contributed by atoms with van der Waals surface area (Å²) in [7, 11) is 0. The van der Waals surface area contributed by atoms with Gasteiger partial charge in [0, 0.05) is 10.4 Å². The SMILES string of the molecule is C=CCCC(C)C(=O)c1cc(Br)ccc1O. The zero-order valence-corrected chi connectivity index (χ0v) is 10.8. The minimum Gasteiger partial charge on any atom is -0.507 e. The highest BCUT2D eigenvalue weighted by atomic mass is 79.9. The van der Waals surface area contributed by atoms with Gasteiger partial charge in [0.25, 0.3) is 0 Å². The van der Waals surface area contributed by atoms with Gasteiger partial charge in [-0.1, -0.05) is 28.9 Å². The molecule has 0 saturated heterocycles. The molecule has 1 aromatic carbocycles. The molecular weight excluding hydrogens is 268 g/mol. The Balaban J connectivity index is 2.86. The Labute approximate surface area is 104 Å². The van der Waals surface area contributed by atoms with Gasteiger partial charge in [-0.2, -0.15) is 0 Å². The van der Waals surface area contributed by atoms with E-state index in [0.717, 1.165) is 17.3 Å². The zero-order chi connectivity index (χ0) is 12.1. The summed E-state index contributed by atoms with van der Waals surface area (Å²) in [5.41, 5.74) is 0.380. The fourth-order valence-corrected chi connectivity index (χ4v) is 1.83. The number of carbonyl (C=O) groups excluding carboxylic acids is 1. The summed E-state index contributed by atoms with van der Waals surface area (Å²) in [6, 6.07) is 4.89. The number of hydrogen-bond donors (Lipinski definition) is 1. The Morgan fingerprint density at radius 3 is 2.94 bits per heavy atom. The van der Waals surface area contributed by atoms with E-state index in [9.17, 15) is 9.90 Å². The molecule has 0 bridgehead atoms. The zero-order valence-electron chi connectivity index (χ0n) is 9.24. The number of phenolic OH excluding ortho intramolecular Hbond substituents is 1. The van der Waals surface area contributed by atoms with Crippen LogP contribution in [-0.2, 0) is 0 Å². The highest BCUT2D eigenvalue weighted by Crippen LogP contribution is 2.25. The second-order valence-corrected chi connectivity index (χ2v) is 4.71. The summed E-state index contributed by atoms with van der Waals surface area (Å²) in [6.07, 6.45) is 3.36. The number of halogens is 1. The maximum Gasteiger partial charge on any atom is 0.169 e. The number of benzene rings is 1. The van der Waals surface area contributed by atoms with Crippen LogP contribution in [0.4, 0.5) is 0 Å². The molecule has 0 fully saturated rings. The molecule has 1 N–H and O–H groups in total. The normalized spacial score (nSPS) is 12.1. The van der Waals surface area contributed by atoms with Crippen molar-refractivity contribution >= 4 is 21.7 Å². The lowest BCUT2D eigenvalue weighted by Crippen LogP contribution is -2.11. The van der Waals surface area contributed by atoms with Crippen LogP contribution in [-0.4, -0.2) is 10.9 Å². The first kappa shape index (κ1) is 13.0. The van der Waals surface area contributed by atoms with Gasteiger partial charge in [0.05, 0.1) is 5.56 Å². The van der Waals surface area contributed by atoms with Crippen LogP contribution < -0.4 is 0 Å². The molecule has 0 aromatic heterocycles. The first-order valence-electron chi connectivity index (χ1n) is 5.20. The molecule has 0 radical (unpaired) electrons. The van der Waals surface area contributed by atoms with Crippen molar-refractivity contribution < 1.29 is 9.90 Å². The quantitative estimate of drug-likeness (QED) is 0.656. The highest BCUT2D eigenvalue weighted by Gasteiger charge is 2.17. The molecular formula is C13H15BrO2. The van der Waals surface area contributed by atoms with Crippen molar-refractivity contribution in [3.8, 4) is 5.75 Å². The van der Waals surface area contributed by atoms with Crippen LogP contribution in [0.5, 0.6) is 5.75 Å². The van der Waals surface area contributed by atoms with Gasteiger partial charge in [-0.15, -0.1) is 6.58 Å². The predicted molar refractivity (Wildman–Crippen MR) is 68.7 cm³/mol. The lowest BCUT2D eigenvalue weighted by molar-refractivity contribution is 0.0922. The van der Waals surface area contributed by atoms with Gasteiger partial charge >= 0.3 is 0 Å². The van der Waals surface area contributed by atoms with Crippen molar-refractivity contribution in [3.05, 3.63) is 40.9 Å². The number of phenols is 1. The molecule has 86 valence electrons. The smallest absolute Gasteiger partial charge is 0.169 e. The van der Waals surface area contributed by atoms with Crippen LogP contribution in [0.1, 0.15) is 30.1 Å². The van der Waals surface area contributed by atoms with E-state index in [0.29, 0.717) is 5.56 Å². The van der Waals surface area contributed by atoms with Gasteiger partial charge in [-0.05, 0) is 31.0 Å². The minimum absolute atomic E-state index is 0.0272. The van der Waals surface area contributed by atoms with E-state index in [1.165, 1.54) is 6.07 Å². The van der Waals surface area contributed by atoms with Gasteiger partial charge in [0.1, 0.15) is 5.75 Å². The summed E-state index contributed by atoms with van der Waals surface area (Å²) < 4.78 is 0.796. The molecule has 0 aliphatic carbocycles. The number of allylic oxidation sites excluding steroid dienone is 1. The molecule has 0 aliphatic heterocycles. The molecule has 2 nitrogen and oxygen atoms in total. The van der Waals surface area contributed by atoms with Crippen molar-refractivity contribution in [2.75, 3.05) is 0 Å². The summed E-state index contributed by atoms with van der Waals surface area (Å²) in [5.74, 6) is -0.0856. The van der Waals surface area contributed by atoms with Crippen LogP contribution in [0.25, 0.3) is 0 Å². The molecule has 0 amide bonds. The van der Waals surface area contributed by atoms with E-state index in [2.05, 4.69) is 22.5 Å². The van der Waals surface area contributed by atoms with E-state index in [-0.39, 0.29) is 17.5 Å². The summed E-state index contributed by atoms with van der Waals surface area (Å²) in [4.78, 5) is 12.0. The van der Waals surface area contributed by atoms with E-state index in [4.69, 9.17) is 0 Å². The number of hydrogen-bond acceptors (Lipinski definition) is 2. The lowest BCUT2D eigenvalue weighted by Gasteiger charge is -2.10. The summed E-state index contributed by atoms with van der Waals surface area (Å²) in [5, 5.41) is 9.62. The van der Waals surface area contributed by atoms with Crippen molar-refractivity contribution in [1.82, 2.24) is 0 Å². The van der Waals surface area contributed by atoms with Crippen molar-refractivity contribution in [2.24, 2.45) is 5.92 Å². The summed E-state index contributed by atoms with van der Waals surface area (Å²) >= 11 is 3.29. The number of rotatable bonds is 5. The van der Waals surface area contributed by atoms with Crippen molar-refractivity contribution in [2.45, 2.75) is 19.8 Å². The first-order valence-corrected chi connectivity index (χ1v) is 5.99. The number of aromatic hydroxyl groups is 1. The molecule has 0 heterocycles. The topological polar surface area (TPSA) is 37.3 Å². The number of carbonyl (C=O) groups is 1. The fourth-order valence-electron chi connectivity index (χ4n) is 1.47. The Bertz CT molecular complexity index is 399. The Hall–Kier alpha value is -1.09. The standard InChI is InChI=1S/C13H15BrO2/c1-3-4-5-9(2)13(16)11-8-10(14)6-7-12(11)15/h3,6-9,15H,1,4-5H2,2H3. The number of Topliss-reactive ketones (excluding diaryl/α,β-unsaturated/α-hetero) is 1. The van der Waals surface area contributed by atoms with Crippen molar-refractivity contribution in [1.29, 1.82) is 0 Å². The third kappa shape index (κ3) is 3.20. The lowest BCUT2D eigenvalue weighted by atomic mass is 9.94. The molecule has 0 aliphatic rings. The maximum absolute atomic E-state index is 12.0. The Morgan fingerprint density at radius 2 is 2.31 bits per heavy atom. The largest absolute Gasteiger partial charge is 0.507 e.